The van der Waals surface area contributed by atoms with Crippen molar-refractivity contribution in [2.45, 2.75) is 50.4 Å². The predicted octanol–water partition coefficient (Wildman–Crippen LogP) is 3.80. The van der Waals surface area contributed by atoms with Crippen LogP contribution in [-0.2, 0) is 27.9 Å². The highest BCUT2D eigenvalue weighted by Crippen LogP contribution is 2.28. The third kappa shape index (κ3) is 6.24. The Morgan fingerprint density at radius 1 is 0.974 bits per heavy atom. The number of hydrogen-bond acceptors (Lipinski definition) is 6. The Labute approximate surface area is 237 Å². The normalized spacial score (nSPS) is 17.4. The number of hydrogen-bond donors (Lipinski definition) is 1. The van der Waals surface area contributed by atoms with E-state index >= 15 is 0 Å². The number of carbonyl (C=O) groups is 1. The average Bonchev–Trinajstić information content (AvgIpc) is 2.95. The van der Waals surface area contributed by atoms with E-state index in [4.69, 9.17) is 23.2 Å². The molecular formula is C27H31Cl2N5O4S. The van der Waals surface area contributed by atoms with Gasteiger partial charge in [0.25, 0.3) is 5.56 Å². The molecule has 0 radical (unpaired) electrons. The Bertz CT molecular complexity index is 1530. The Hall–Kier alpha value is -2.66. The number of sulfonamides is 1. The molecule has 0 unspecified atom stereocenters. The van der Waals surface area contributed by atoms with Crippen molar-refractivity contribution >= 4 is 55.7 Å². The zero-order chi connectivity index (χ0) is 27.6. The summed E-state index contributed by atoms with van der Waals surface area (Å²) in [7, 11) is -3.28. The molecule has 1 saturated heterocycles. The molecule has 12 heteroatoms. The molecule has 208 valence electrons. The lowest BCUT2D eigenvalue weighted by Crippen LogP contribution is -2.51. The molecule has 1 aliphatic heterocycles. The van der Waals surface area contributed by atoms with Gasteiger partial charge in [0, 0.05) is 38.4 Å². The maximum Gasteiger partial charge on any atom is 0.261 e. The van der Waals surface area contributed by atoms with Crippen LogP contribution in [-0.4, -0.2) is 59.6 Å². The summed E-state index contributed by atoms with van der Waals surface area (Å²) >= 11 is 12.0. The molecule has 0 atom stereocenters. The fourth-order valence-electron chi connectivity index (χ4n) is 5.29. The molecule has 9 nitrogen and oxygen atoms in total. The van der Waals surface area contributed by atoms with Gasteiger partial charge in [0.2, 0.25) is 15.9 Å². The highest BCUT2D eigenvalue weighted by Gasteiger charge is 2.34. The Balaban J connectivity index is 1.24. The molecular weight excluding hydrogens is 561 g/mol. The standard InChI is InChI=1S/C27H31Cl2N5O4S/c28-23-8-6-19(14-24(23)29)16-30-26(35)17-33-18-31-25-9-7-20(15-22(25)27(33)36)32-10-12-34(13-11-32)39(37,38)21-4-2-1-3-5-21/h6-9,14-15,18,21H,1-5,10-13,16-17H2,(H,30,35). The molecule has 2 aromatic carbocycles. The summed E-state index contributed by atoms with van der Waals surface area (Å²) in [5, 5.41) is 3.77. The van der Waals surface area contributed by atoms with Crippen LogP contribution < -0.4 is 15.8 Å². The highest BCUT2D eigenvalue weighted by atomic mass is 35.5. The minimum absolute atomic E-state index is 0.176. The third-order valence-corrected chi connectivity index (χ3v) is 10.7. The SMILES string of the molecule is O=C(Cn1cnc2ccc(N3CCN(S(=O)(=O)C4CCCCC4)CC3)cc2c1=O)NCc1ccc(Cl)c(Cl)c1. The second-order valence-corrected chi connectivity index (χ2v) is 13.1. The van der Waals surface area contributed by atoms with Gasteiger partial charge in [-0.3, -0.25) is 14.2 Å². The first-order valence-corrected chi connectivity index (χ1v) is 15.4. The summed E-state index contributed by atoms with van der Waals surface area (Å²) in [6.45, 7) is 2.01. The van der Waals surface area contributed by atoms with Gasteiger partial charge in [0.05, 0.1) is 32.5 Å². The number of aromatic nitrogens is 2. The summed E-state index contributed by atoms with van der Waals surface area (Å²) in [6, 6.07) is 10.6. The van der Waals surface area contributed by atoms with Crippen molar-refractivity contribution in [2.75, 3.05) is 31.1 Å². The maximum atomic E-state index is 13.2. The Morgan fingerprint density at radius 2 is 1.72 bits per heavy atom. The van der Waals surface area contributed by atoms with Gasteiger partial charge in [-0.05, 0) is 48.7 Å². The van der Waals surface area contributed by atoms with Crippen LogP contribution >= 0.6 is 23.2 Å². The molecule has 1 aliphatic carbocycles. The number of fused-ring (bicyclic) bond motifs is 1. The molecule has 2 fully saturated rings. The van der Waals surface area contributed by atoms with Gasteiger partial charge in [0.15, 0.2) is 0 Å². The minimum atomic E-state index is -3.28. The van der Waals surface area contributed by atoms with E-state index in [0.717, 1.165) is 43.4 Å². The lowest BCUT2D eigenvalue weighted by Gasteiger charge is -2.37. The average molecular weight is 593 g/mol. The summed E-state index contributed by atoms with van der Waals surface area (Å²) in [4.78, 5) is 32.2. The van der Waals surface area contributed by atoms with Crippen LogP contribution in [0.5, 0.6) is 0 Å². The molecule has 0 spiro atoms. The van der Waals surface area contributed by atoms with Gasteiger partial charge in [-0.15, -0.1) is 0 Å². The molecule has 2 aliphatic rings. The van der Waals surface area contributed by atoms with Gasteiger partial charge < -0.3 is 10.2 Å². The van der Waals surface area contributed by atoms with Gasteiger partial charge in [-0.2, -0.15) is 4.31 Å². The lowest BCUT2D eigenvalue weighted by molar-refractivity contribution is -0.121. The fraction of sp³-hybridized carbons (Fsp3) is 0.444. The van der Waals surface area contributed by atoms with Crippen molar-refractivity contribution in [3.63, 3.8) is 0 Å². The van der Waals surface area contributed by atoms with Crippen LogP contribution in [0.3, 0.4) is 0 Å². The summed E-state index contributed by atoms with van der Waals surface area (Å²) in [6.07, 6.45) is 5.94. The Morgan fingerprint density at radius 3 is 2.44 bits per heavy atom. The van der Waals surface area contributed by atoms with Crippen LogP contribution in [0.4, 0.5) is 5.69 Å². The monoisotopic (exact) mass is 591 g/mol. The first kappa shape index (κ1) is 27.9. The molecule has 0 bridgehead atoms. The molecule has 2 heterocycles. The number of piperazine rings is 1. The molecule has 1 aromatic heterocycles. The number of anilines is 1. The van der Waals surface area contributed by atoms with Crippen molar-refractivity contribution in [1.29, 1.82) is 0 Å². The number of rotatable bonds is 7. The topological polar surface area (TPSA) is 105 Å². The third-order valence-electron chi connectivity index (χ3n) is 7.53. The van der Waals surface area contributed by atoms with Crippen LogP contribution in [0.25, 0.3) is 10.9 Å². The number of carbonyl (C=O) groups excluding carboxylic acids is 1. The van der Waals surface area contributed by atoms with Crippen LogP contribution in [0.15, 0.2) is 47.5 Å². The van der Waals surface area contributed by atoms with E-state index < -0.39 is 10.0 Å². The van der Waals surface area contributed by atoms with Crippen molar-refractivity contribution in [1.82, 2.24) is 19.2 Å². The summed E-state index contributed by atoms with van der Waals surface area (Å²) in [5.74, 6) is -0.337. The first-order chi connectivity index (χ1) is 18.7. The molecule has 5 rings (SSSR count). The molecule has 1 saturated carbocycles. The van der Waals surface area contributed by atoms with E-state index in [0.29, 0.717) is 47.1 Å². The van der Waals surface area contributed by atoms with Crippen LogP contribution in [0.2, 0.25) is 10.0 Å². The zero-order valence-corrected chi connectivity index (χ0v) is 23.8. The quantitative estimate of drug-likeness (QED) is 0.448. The van der Waals surface area contributed by atoms with Gasteiger partial charge in [-0.1, -0.05) is 48.5 Å². The van der Waals surface area contributed by atoms with Gasteiger partial charge in [0.1, 0.15) is 6.54 Å². The molecule has 1 amide bonds. The second-order valence-electron chi connectivity index (χ2n) is 10.1. The second kappa shape index (κ2) is 11.8. The van der Waals surface area contributed by atoms with E-state index in [1.807, 2.05) is 6.07 Å². The van der Waals surface area contributed by atoms with Gasteiger partial charge >= 0.3 is 0 Å². The van der Waals surface area contributed by atoms with E-state index in [1.54, 1.807) is 34.6 Å². The largest absolute Gasteiger partial charge is 0.369 e. The molecule has 1 N–H and O–H groups in total. The van der Waals surface area contributed by atoms with Crippen molar-refractivity contribution in [3.05, 3.63) is 68.7 Å². The minimum Gasteiger partial charge on any atom is -0.369 e. The zero-order valence-electron chi connectivity index (χ0n) is 21.5. The smallest absolute Gasteiger partial charge is 0.261 e. The summed E-state index contributed by atoms with van der Waals surface area (Å²) in [5.41, 5.74) is 1.84. The van der Waals surface area contributed by atoms with E-state index in [1.165, 1.54) is 10.9 Å². The number of nitrogens with one attached hydrogen (secondary N) is 1. The maximum absolute atomic E-state index is 13.2. The first-order valence-electron chi connectivity index (χ1n) is 13.2. The van der Waals surface area contributed by atoms with Crippen molar-refractivity contribution in [2.24, 2.45) is 0 Å². The number of nitrogens with zero attached hydrogens (tertiary/aromatic N) is 4. The molecule has 3 aromatic rings. The number of amides is 1. The lowest BCUT2D eigenvalue weighted by atomic mass is 10.0. The van der Waals surface area contributed by atoms with E-state index in [9.17, 15) is 18.0 Å². The number of halogens is 2. The predicted molar refractivity (Wildman–Crippen MR) is 154 cm³/mol. The van der Waals surface area contributed by atoms with Crippen LogP contribution in [0, 0.1) is 0 Å². The van der Waals surface area contributed by atoms with Crippen LogP contribution in [0.1, 0.15) is 37.7 Å². The van der Waals surface area contributed by atoms with Gasteiger partial charge in [-0.25, -0.2) is 13.4 Å². The number of benzene rings is 2. The molecule has 39 heavy (non-hydrogen) atoms. The van der Waals surface area contributed by atoms with E-state index in [-0.39, 0.29) is 29.8 Å². The highest BCUT2D eigenvalue weighted by molar-refractivity contribution is 7.89. The van der Waals surface area contributed by atoms with Crippen molar-refractivity contribution < 1.29 is 13.2 Å². The Kier molecular flexibility index (Phi) is 8.46. The van der Waals surface area contributed by atoms with E-state index in [2.05, 4.69) is 15.2 Å². The fourth-order valence-corrected chi connectivity index (χ4v) is 7.64. The summed E-state index contributed by atoms with van der Waals surface area (Å²) < 4.78 is 29.1. The van der Waals surface area contributed by atoms with Crippen molar-refractivity contribution in [3.8, 4) is 0 Å².